The van der Waals surface area contributed by atoms with E-state index in [1.54, 1.807) is 17.8 Å². The first-order valence-electron chi connectivity index (χ1n) is 6.22. The van der Waals surface area contributed by atoms with E-state index in [-0.39, 0.29) is 5.69 Å². The van der Waals surface area contributed by atoms with E-state index in [2.05, 4.69) is 10.3 Å². The molecule has 0 aliphatic heterocycles. The standard InChI is InChI=1S/C13H15N3O3S/c1-2-3-19-12-5-10(4-11(6-12)16(17)18)15-8-13-7-14-9-20-13/h4-7,9,15H,2-3,8H2,1H3. The Kier molecular flexibility index (Phi) is 4.89. The number of hydrogen-bond acceptors (Lipinski definition) is 6. The summed E-state index contributed by atoms with van der Waals surface area (Å²) in [5.74, 6) is 0.507. The lowest BCUT2D eigenvalue weighted by atomic mass is 10.2. The van der Waals surface area contributed by atoms with Crippen molar-refractivity contribution in [2.75, 3.05) is 11.9 Å². The molecular formula is C13H15N3O3S. The van der Waals surface area contributed by atoms with E-state index >= 15 is 0 Å². The lowest BCUT2D eigenvalue weighted by Crippen LogP contribution is -2.01. The van der Waals surface area contributed by atoms with Crippen molar-refractivity contribution in [3.05, 3.63) is 44.9 Å². The van der Waals surface area contributed by atoms with Crippen molar-refractivity contribution >= 4 is 22.7 Å². The third kappa shape index (κ3) is 3.92. The van der Waals surface area contributed by atoms with Gasteiger partial charge in [-0.15, -0.1) is 11.3 Å². The number of nitrogens with one attached hydrogen (secondary N) is 1. The highest BCUT2D eigenvalue weighted by atomic mass is 32.1. The summed E-state index contributed by atoms with van der Waals surface area (Å²) in [6.45, 7) is 3.11. The molecule has 1 aromatic heterocycles. The van der Waals surface area contributed by atoms with Gasteiger partial charge in [-0.05, 0) is 6.42 Å². The third-order valence-electron chi connectivity index (χ3n) is 2.53. The van der Waals surface area contributed by atoms with Crippen LogP contribution in [0.3, 0.4) is 0 Å². The number of non-ortho nitro benzene ring substituents is 1. The predicted molar refractivity (Wildman–Crippen MR) is 78.3 cm³/mol. The maximum absolute atomic E-state index is 10.9. The van der Waals surface area contributed by atoms with Gasteiger partial charge in [0.05, 0.1) is 29.7 Å². The number of thiazole rings is 1. The number of ether oxygens (including phenoxy) is 1. The zero-order valence-electron chi connectivity index (χ0n) is 11.0. The summed E-state index contributed by atoms with van der Waals surface area (Å²) < 4.78 is 5.47. The van der Waals surface area contributed by atoms with E-state index in [1.807, 2.05) is 6.92 Å². The van der Waals surface area contributed by atoms with Gasteiger partial charge in [0.2, 0.25) is 0 Å². The number of nitrogens with zero attached hydrogens (tertiary/aromatic N) is 2. The second kappa shape index (κ2) is 6.85. The van der Waals surface area contributed by atoms with Gasteiger partial charge < -0.3 is 10.1 Å². The summed E-state index contributed by atoms with van der Waals surface area (Å²) in [5, 5.41) is 14.1. The number of rotatable bonds is 7. The summed E-state index contributed by atoms with van der Waals surface area (Å²) >= 11 is 1.53. The maximum atomic E-state index is 10.9. The highest BCUT2D eigenvalue weighted by molar-refractivity contribution is 7.09. The number of anilines is 1. The molecule has 20 heavy (non-hydrogen) atoms. The van der Waals surface area contributed by atoms with E-state index in [1.165, 1.54) is 23.5 Å². The van der Waals surface area contributed by atoms with Crippen molar-refractivity contribution < 1.29 is 9.66 Å². The molecule has 0 bridgehead atoms. The molecule has 0 spiro atoms. The summed E-state index contributed by atoms with van der Waals surface area (Å²) in [6.07, 6.45) is 2.62. The van der Waals surface area contributed by atoms with Crippen LogP contribution in [-0.2, 0) is 6.54 Å². The van der Waals surface area contributed by atoms with Crippen molar-refractivity contribution in [3.63, 3.8) is 0 Å². The van der Waals surface area contributed by atoms with E-state index in [9.17, 15) is 10.1 Å². The van der Waals surface area contributed by atoms with E-state index < -0.39 is 4.92 Å². The summed E-state index contributed by atoms with van der Waals surface area (Å²) in [4.78, 5) is 15.6. The molecule has 0 unspecified atom stereocenters. The molecule has 0 atom stereocenters. The third-order valence-corrected chi connectivity index (χ3v) is 3.30. The van der Waals surface area contributed by atoms with Gasteiger partial charge in [0, 0.05) is 28.9 Å². The second-order valence-electron chi connectivity index (χ2n) is 4.14. The summed E-state index contributed by atoms with van der Waals surface area (Å²) in [7, 11) is 0. The lowest BCUT2D eigenvalue weighted by Gasteiger charge is -2.09. The lowest BCUT2D eigenvalue weighted by molar-refractivity contribution is -0.384. The molecule has 2 rings (SSSR count). The van der Waals surface area contributed by atoms with Crippen molar-refractivity contribution in [1.82, 2.24) is 4.98 Å². The van der Waals surface area contributed by atoms with Crippen LogP contribution in [0.1, 0.15) is 18.2 Å². The van der Waals surface area contributed by atoms with Crippen molar-refractivity contribution in [1.29, 1.82) is 0 Å². The molecule has 7 heteroatoms. The molecule has 106 valence electrons. The zero-order valence-corrected chi connectivity index (χ0v) is 11.9. The van der Waals surface area contributed by atoms with E-state index in [4.69, 9.17) is 4.74 Å². The molecule has 6 nitrogen and oxygen atoms in total. The fourth-order valence-corrected chi connectivity index (χ4v) is 2.15. The van der Waals surface area contributed by atoms with Gasteiger partial charge in [-0.25, -0.2) is 0 Å². The van der Waals surface area contributed by atoms with Gasteiger partial charge in [0.15, 0.2) is 0 Å². The average molecular weight is 293 g/mol. The van der Waals surface area contributed by atoms with Gasteiger partial charge in [-0.2, -0.15) is 0 Å². The zero-order chi connectivity index (χ0) is 14.4. The number of aromatic nitrogens is 1. The van der Waals surface area contributed by atoms with Crippen LogP contribution >= 0.6 is 11.3 Å². The van der Waals surface area contributed by atoms with Crippen LogP contribution in [0, 0.1) is 10.1 Å². The van der Waals surface area contributed by atoms with Crippen molar-refractivity contribution in [3.8, 4) is 5.75 Å². The SMILES string of the molecule is CCCOc1cc(NCc2cncs2)cc([N+](=O)[O-])c1. The highest BCUT2D eigenvalue weighted by Crippen LogP contribution is 2.26. The van der Waals surface area contributed by atoms with Gasteiger partial charge in [0.25, 0.3) is 5.69 Å². The van der Waals surface area contributed by atoms with Crippen molar-refractivity contribution in [2.24, 2.45) is 0 Å². The second-order valence-corrected chi connectivity index (χ2v) is 5.11. The van der Waals surface area contributed by atoms with Gasteiger partial charge >= 0.3 is 0 Å². The Morgan fingerprint density at radius 2 is 2.30 bits per heavy atom. The van der Waals surface area contributed by atoms with Crippen LogP contribution in [0.15, 0.2) is 29.9 Å². The maximum Gasteiger partial charge on any atom is 0.275 e. The molecule has 1 N–H and O–H groups in total. The van der Waals surface area contributed by atoms with Gasteiger partial charge in [-0.3, -0.25) is 15.1 Å². The molecule has 0 saturated carbocycles. The molecule has 2 aromatic rings. The topological polar surface area (TPSA) is 77.3 Å². The van der Waals surface area contributed by atoms with Crippen molar-refractivity contribution in [2.45, 2.75) is 19.9 Å². The van der Waals surface area contributed by atoms with Crippen LogP contribution < -0.4 is 10.1 Å². The smallest absolute Gasteiger partial charge is 0.275 e. The molecule has 1 heterocycles. The van der Waals surface area contributed by atoms with Crippen LogP contribution in [0.4, 0.5) is 11.4 Å². The number of hydrogen-bond donors (Lipinski definition) is 1. The molecule has 0 amide bonds. The Bertz CT molecular complexity index is 572. The van der Waals surface area contributed by atoms with Crippen LogP contribution in [0.25, 0.3) is 0 Å². The van der Waals surface area contributed by atoms with Gasteiger partial charge in [-0.1, -0.05) is 6.92 Å². The van der Waals surface area contributed by atoms with Crippen LogP contribution in [0.5, 0.6) is 5.75 Å². The predicted octanol–water partition coefficient (Wildman–Crippen LogP) is 3.45. The fourth-order valence-electron chi connectivity index (χ4n) is 1.61. The Morgan fingerprint density at radius 1 is 1.45 bits per heavy atom. The number of nitro groups is 1. The minimum Gasteiger partial charge on any atom is -0.493 e. The normalized spacial score (nSPS) is 10.2. The average Bonchev–Trinajstić information content (AvgIpc) is 2.96. The van der Waals surface area contributed by atoms with Crippen LogP contribution in [0.2, 0.25) is 0 Å². The Balaban J connectivity index is 2.13. The molecule has 0 aliphatic rings. The molecule has 1 aromatic carbocycles. The Morgan fingerprint density at radius 3 is 2.95 bits per heavy atom. The fraction of sp³-hybridized carbons (Fsp3) is 0.308. The summed E-state index contributed by atoms with van der Waals surface area (Å²) in [5.41, 5.74) is 2.43. The van der Waals surface area contributed by atoms with Crippen LogP contribution in [-0.4, -0.2) is 16.5 Å². The van der Waals surface area contributed by atoms with E-state index in [0.29, 0.717) is 24.6 Å². The first-order valence-corrected chi connectivity index (χ1v) is 7.10. The molecule has 0 saturated heterocycles. The molecule has 0 fully saturated rings. The quantitative estimate of drug-likeness (QED) is 0.625. The monoisotopic (exact) mass is 293 g/mol. The first kappa shape index (κ1) is 14.3. The molecule has 0 aliphatic carbocycles. The highest BCUT2D eigenvalue weighted by Gasteiger charge is 2.10. The number of nitro benzene ring substituents is 1. The number of benzene rings is 1. The minimum atomic E-state index is -0.420. The Labute approximate surface area is 120 Å². The first-order chi connectivity index (χ1) is 9.69. The molecular weight excluding hydrogens is 278 g/mol. The summed E-state index contributed by atoms with van der Waals surface area (Å²) in [6, 6.07) is 4.71. The van der Waals surface area contributed by atoms with Gasteiger partial charge in [0.1, 0.15) is 5.75 Å². The minimum absolute atomic E-state index is 0.0189. The Hall–Kier alpha value is -2.15. The largest absolute Gasteiger partial charge is 0.493 e. The molecule has 0 radical (unpaired) electrons. The van der Waals surface area contributed by atoms with E-state index in [0.717, 1.165) is 11.3 Å².